The minimum atomic E-state index is -1.29. The van der Waals surface area contributed by atoms with Crippen molar-refractivity contribution >= 4 is 5.91 Å². The Morgan fingerprint density at radius 1 is 1.00 bits per heavy atom. The molecule has 1 aliphatic heterocycles. The number of benzene rings is 2. The number of hydrogen-bond acceptors (Lipinski definition) is 7. The Morgan fingerprint density at radius 3 is 2.11 bits per heavy atom. The number of nitrogens with zero attached hydrogens (tertiary/aromatic N) is 3. The molecule has 1 amide bonds. The summed E-state index contributed by atoms with van der Waals surface area (Å²) in [7, 11) is 0. The van der Waals surface area contributed by atoms with Crippen LogP contribution in [-0.2, 0) is 4.74 Å². The topological polar surface area (TPSA) is 120 Å². The van der Waals surface area contributed by atoms with E-state index in [9.17, 15) is 14.7 Å². The SMILES string of the molecule is CC(C)[C@H](N)C(O)OCOc1c2n(ncc1=O)[C@@H](C(c1ccccc1)c1ccccc1)CN(C(C)C)C2=O. The average molecular weight is 521 g/mol. The Bertz CT molecular complexity index is 1240. The van der Waals surface area contributed by atoms with Crippen molar-refractivity contribution in [3.63, 3.8) is 0 Å². The molecule has 0 bridgehead atoms. The molecule has 1 aliphatic rings. The van der Waals surface area contributed by atoms with E-state index < -0.39 is 24.6 Å². The number of nitrogens with two attached hydrogens (primary N) is 1. The van der Waals surface area contributed by atoms with E-state index in [1.807, 2.05) is 64.1 Å². The molecule has 2 aromatic carbocycles. The summed E-state index contributed by atoms with van der Waals surface area (Å²) in [4.78, 5) is 28.4. The van der Waals surface area contributed by atoms with Crippen molar-refractivity contribution < 1.29 is 19.4 Å². The van der Waals surface area contributed by atoms with Gasteiger partial charge in [0.25, 0.3) is 5.91 Å². The van der Waals surface area contributed by atoms with Gasteiger partial charge in [-0.05, 0) is 30.9 Å². The van der Waals surface area contributed by atoms with Crippen LogP contribution in [0.25, 0.3) is 0 Å². The molecule has 0 spiro atoms. The summed E-state index contributed by atoms with van der Waals surface area (Å²) in [5.41, 5.74) is 7.58. The fourth-order valence-corrected chi connectivity index (χ4v) is 4.79. The van der Waals surface area contributed by atoms with Gasteiger partial charge < -0.3 is 25.2 Å². The zero-order valence-electron chi connectivity index (χ0n) is 22.2. The smallest absolute Gasteiger partial charge is 0.276 e. The molecule has 202 valence electrons. The van der Waals surface area contributed by atoms with Crippen molar-refractivity contribution in [2.45, 2.75) is 58.0 Å². The van der Waals surface area contributed by atoms with Gasteiger partial charge in [-0.3, -0.25) is 14.3 Å². The maximum Gasteiger partial charge on any atom is 0.276 e. The Labute approximate surface area is 222 Å². The van der Waals surface area contributed by atoms with Crippen molar-refractivity contribution in [1.82, 2.24) is 14.7 Å². The highest BCUT2D eigenvalue weighted by molar-refractivity contribution is 5.96. The molecular formula is C29H36N4O5. The Morgan fingerprint density at radius 2 is 1.58 bits per heavy atom. The third-order valence-corrected chi connectivity index (χ3v) is 7.00. The molecule has 9 heteroatoms. The summed E-state index contributed by atoms with van der Waals surface area (Å²) in [5, 5.41) is 14.6. The highest BCUT2D eigenvalue weighted by Crippen LogP contribution is 2.39. The molecule has 38 heavy (non-hydrogen) atoms. The zero-order valence-corrected chi connectivity index (χ0v) is 22.2. The number of rotatable bonds is 10. The summed E-state index contributed by atoms with van der Waals surface area (Å²) in [5.74, 6) is -0.698. The molecule has 1 aromatic heterocycles. The second kappa shape index (κ2) is 11.9. The van der Waals surface area contributed by atoms with Gasteiger partial charge in [0.1, 0.15) is 0 Å². The lowest BCUT2D eigenvalue weighted by atomic mass is 9.83. The lowest BCUT2D eigenvalue weighted by Crippen LogP contribution is -2.50. The first kappa shape index (κ1) is 27.5. The van der Waals surface area contributed by atoms with Crippen LogP contribution in [0.4, 0.5) is 0 Å². The van der Waals surface area contributed by atoms with Gasteiger partial charge in [-0.2, -0.15) is 5.10 Å². The van der Waals surface area contributed by atoms with E-state index >= 15 is 0 Å². The number of aliphatic hydroxyl groups is 1. The average Bonchev–Trinajstić information content (AvgIpc) is 2.91. The first-order chi connectivity index (χ1) is 18.2. The number of hydrogen-bond donors (Lipinski definition) is 2. The third kappa shape index (κ3) is 5.65. The van der Waals surface area contributed by atoms with E-state index in [0.717, 1.165) is 17.3 Å². The van der Waals surface area contributed by atoms with E-state index in [4.69, 9.17) is 15.2 Å². The molecule has 3 atom stereocenters. The molecule has 0 saturated carbocycles. The molecule has 2 heterocycles. The van der Waals surface area contributed by atoms with Crippen LogP contribution in [0.5, 0.6) is 5.75 Å². The monoisotopic (exact) mass is 520 g/mol. The third-order valence-electron chi connectivity index (χ3n) is 7.00. The largest absolute Gasteiger partial charge is 0.461 e. The van der Waals surface area contributed by atoms with Gasteiger partial charge in [0.15, 0.2) is 18.8 Å². The van der Waals surface area contributed by atoms with Gasteiger partial charge in [0, 0.05) is 18.5 Å². The Hall–Kier alpha value is -3.53. The standard InChI is InChI=1S/C29H36N4O5/c1-18(2)25(30)29(36)38-17-37-27-23(34)15-31-33-22(16-32(19(3)4)28(35)26(27)33)24(20-11-7-5-8-12-20)21-13-9-6-10-14-21/h5-15,18-19,22,24-25,29,36H,16-17,30H2,1-4H3/t22-,25+,29?/m1/s1. The van der Waals surface area contributed by atoms with Crippen LogP contribution < -0.4 is 15.9 Å². The van der Waals surface area contributed by atoms with Crippen LogP contribution in [0.15, 0.2) is 71.7 Å². The fraction of sp³-hybridized carbons (Fsp3) is 0.414. The number of amides is 1. The van der Waals surface area contributed by atoms with Gasteiger partial charge in [0.05, 0.1) is 18.3 Å². The number of ether oxygens (including phenoxy) is 2. The van der Waals surface area contributed by atoms with Gasteiger partial charge in [-0.1, -0.05) is 74.5 Å². The molecule has 3 N–H and O–H groups in total. The van der Waals surface area contributed by atoms with Crippen LogP contribution in [0.2, 0.25) is 0 Å². The molecule has 3 aromatic rings. The van der Waals surface area contributed by atoms with Crippen LogP contribution >= 0.6 is 0 Å². The summed E-state index contributed by atoms with van der Waals surface area (Å²) in [6, 6.07) is 19.0. The van der Waals surface area contributed by atoms with E-state index in [1.165, 1.54) is 0 Å². The van der Waals surface area contributed by atoms with Crippen molar-refractivity contribution in [3.05, 3.63) is 93.9 Å². The Balaban J connectivity index is 1.79. The maximum absolute atomic E-state index is 13.7. The second-order valence-corrected chi connectivity index (χ2v) is 10.2. The van der Waals surface area contributed by atoms with Crippen molar-refractivity contribution in [2.24, 2.45) is 11.7 Å². The quantitative estimate of drug-likeness (QED) is 0.394. The van der Waals surface area contributed by atoms with Crippen molar-refractivity contribution in [3.8, 4) is 5.75 Å². The number of fused-ring (bicyclic) bond motifs is 1. The molecule has 9 nitrogen and oxygen atoms in total. The summed E-state index contributed by atoms with van der Waals surface area (Å²) in [6.07, 6.45) is -0.125. The number of carbonyl (C=O) groups excluding carboxylic acids is 1. The van der Waals surface area contributed by atoms with E-state index in [2.05, 4.69) is 29.4 Å². The highest BCUT2D eigenvalue weighted by atomic mass is 16.7. The maximum atomic E-state index is 13.7. The summed E-state index contributed by atoms with van der Waals surface area (Å²) >= 11 is 0. The minimum Gasteiger partial charge on any atom is -0.461 e. The molecule has 1 unspecified atom stereocenters. The van der Waals surface area contributed by atoms with Crippen molar-refractivity contribution in [1.29, 1.82) is 0 Å². The number of aromatic nitrogens is 2. The van der Waals surface area contributed by atoms with Gasteiger partial charge in [-0.15, -0.1) is 0 Å². The van der Waals surface area contributed by atoms with Crippen LogP contribution in [0.3, 0.4) is 0 Å². The summed E-state index contributed by atoms with van der Waals surface area (Å²) in [6.45, 7) is 7.54. The minimum absolute atomic E-state index is 0.0286. The fourth-order valence-electron chi connectivity index (χ4n) is 4.79. The van der Waals surface area contributed by atoms with Crippen molar-refractivity contribution in [2.75, 3.05) is 13.3 Å². The van der Waals surface area contributed by atoms with Gasteiger partial charge in [-0.25, -0.2) is 0 Å². The van der Waals surface area contributed by atoms with Gasteiger partial charge >= 0.3 is 0 Å². The number of aliphatic hydroxyl groups excluding tert-OH is 1. The van der Waals surface area contributed by atoms with E-state index in [0.29, 0.717) is 6.54 Å². The lowest BCUT2D eigenvalue weighted by molar-refractivity contribution is -0.159. The molecule has 0 radical (unpaired) electrons. The van der Waals surface area contributed by atoms with Crippen LogP contribution in [0.1, 0.15) is 61.3 Å². The molecule has 4 rings (SSSR count). The first-order valence-corrected chi connectivity index (χ1v) is 12.9. The normalized spacial score (nSPS) is 17.1. The predicted octanol–water partition coefficient (Wildman–Crippen LogP) is 3.14. The lowest BCUT2D eigenvalue weighted by Gasteiger charge is -2.41. The van der Waals surface area contributed by atoms with E-state index in [-0.39, 0.29) is 41.3 Å². The predicted molar refractivity (Wildman–Crippen MR) is 144 cm³/mol. The number of carbonyl (C=O) groups is 1. The molecular weight excluding hydrogens is 484 g/mol. The Kier molecular flexibility index (Phi) is 8.61. The zero-order chi connectivity index (χ0) is 27.4. The second-order valence-electron chi connectivity index (χ2n) is 10.2. The summed E-state index contributed by atoms with van der Waals surface area (Å²) < 4.78 is 12.7. The van der Waals surface area contributed by atoms with E-state index in [1.54, 1.807) is 9.58 Å². The molecule has 0 aliphatic carbocycles. The highest BCUT2D eigenvalue weighted by Gasteiger charge is 2.41. The van der Waals surface area contributed by atoms with Gasteiger partial charge in [0.2, 0.25) is 11.2 Å². The first-order valence-electron chi connectivity index (χ1n) is 12.9. The van der Waals surface area contributed by atoms with Crippen LogP contribution in [0, 0.1) is 5.92 Å². The molecule has 0 fully saturated rings. The van der Waals surface area contributed by atoms with Crippen LogP contribution in [-0.4, -0.2) is 57.4 Å². The molecule has 0 saturated heterocycles.